The Morgan fingerprint density at radius 3 is 1.51 bits per heavy atom. The molecule has 27 heteroatoms. The first-order valence-corrected chi connectivity index (χ1v) is 37.0. The summed E-state index contributed by atoms with van der Waals surface area (Å²) in [5, 5.41) is 31.1. The predicted molar refractivity (Wildman–Crippen MR) is 431 cm³/mol. The summed E-state index contributed by atoms with van der Waals surface area (Å²) in [6.45, 7) is 11.2. The van der Waals surface area contributed by atoms with Crippen LogP contribution in [-0.2, 0) is 121 Å². The number of para-hydroxylation sites is 5. The van der Waals surface area contributed by atoms with Crippen molar-refractivity contribution in [3.63, 3.8) is 0 Å². The van der Waals surface area contributed by atoms with E-state index in [1.165, 1.54) is 50.1 Å². The van der Waals surface area contributed by atoms with Gasteiger partial charge in [-0.2, -0.15) is 10.3 Å². The number of imidazole rings is 6. The molecular weight excluding hydrogens is 2550 g/mol. The molecule has 0 aliphatic heterocycles. The monoisotopic (exact) mass is 2610 g/mol. The van der Waals surface area contributed by atoms with Crippen molar-refractivity contribution in [1.82, 2.24) is 71.0 Å². The maximum absolute atomic E-state index is 5.82. The fourth-order valence-electron chi connectivity index (χ4n) is 15.2. The van der Waals surface area contributed by atoms with Crippen LogP contribution in [0, 0.1) is 42.5 Å². The number of nitrogens with zero attached hydrogens (tertiary/aromatic N) is 15. The largest absolute Gasteiger partial charge is 0.564 e. The predicted octanol–water partition coefficient (Wildman–Crippen LogP) is 21.5. The van der Waals surface area contributed by atoms with Gasteiger partial charge in [-0.3, -0.25) is 25.7 Å². The van der Waals surface area contributed by atoms with E-state index in [1.54, 1.807) is 42.5 Å². The van der Waals surface area contributed by atoms with Crippen LogP contribution in [0.15, 0.2) is 262 Å². The van der Waals surface area contributed by atoms with Crippen LogP contribution in [0.5, 0.6) is 0 Å². The normalized spacial score (nSPS) is 11.3. The molecule has 115 heavy (non-hydrogen) atoms. The third kappa shape index (κ3) is 13.9. The number of thiophene rings is 1. The molecule has 18 aromatic heterocycles. The van der Waals surface area contributed by atoms with Gasteiger partial charge in [-0.25, -0.2) is 0 Å². The standard InChI is InChI=1S/C26H25N2O.C13H7N2O.C13H7N2S.2C12H6N3O.C12H6N3S.6Ir/c1-15(2)18-7-6-8-19(16(3)4)24(18)23-14-27-26-20-11-12-29-25(20)21-13-17(5)9-10-22(21)28(23)26;2*1-2-4-12-9(3-1)10-7-16-8-11(10)13-14-5-6-15(12)13;1-2-4-10-8(3-1)11-9(7-16-14-11)12-13-5-6-15(10)12;1-2-4-10-8(3-1)11-9(7-14-16-11)12-13-5-6-15(10)12;1-2-4-10-8(3-1)11-9(7-16-14-11)12-13-5-6-15(10)12;;;;;;/h6-10,12-16H,1-5H3;2*1-7H;3*1-6H;;;;;;/q6*-1;;;;;;. The van der Waals surface area contributed by atoms with Crippen molar-refractivity contribution in [3.8, 4) is 11.3 Å². The Morgan fingerprint density at radius 1 is 0.417 bits per heavy atom. The molecular formula is C88H57Ir6N15O4S2-6. The van der Waals surface area contributed by atoms with Crippen molar-refractivity contribution in [3.05, 3.63) is 296 Å². The van der Waals surface area contributed by atoms with Crippen molar-refractivity contribution in [2.75, 3.05) is 0 Å². The molecule has 25 rings (SSSR count). The van der Waals surface area contributed by atoms with Gasteiger partial charge in [0.15, 0.2) is 0 Å². The Balaban J connectivity index is 0.000000115. The summed E-state index contributed by atoms with van der Waals surface area (Å²) < 4.78 is 38.2. The van der Waals surface area contributed by atoms with Gasteiger partial charge in [0.25, 0.3) is 0 Å². The maximum Gasteiger partial charge on any atom is 0.0652 e. The molecule has 0 saturated carbocycles. The third-order valence-corrected chi connectivity index (χ3v) is 21.4. The van der Waals surface area contributed by atoms with Crippen molar-refractivity contribution in [2.45, 2.75) is 46.5 Å². The van der Waals surface area contributed by atoms with E-state index in [9.17, 15) is 0 Å². The van der Waals surface area contributed by atoms with Crippen LogP contribution < -0.4 is 0 Å². The molecule has 18 heterocycles. The number of aryl methyl sites for hydroxylation is 1. The van der Waals surface area contributed by atoms with Crippen LogP contribution in [0.3, 0.4) is 0 Å². The van der Waals surface area contributed by atoms with Gasteiger partial charge in [0.05, 0.1) is 22.6 Å². The van der Waals surface area contributed by atoms with E-state index in [1.807, 2.05) is 131 Å². The van der Waals surface area contributed by atoms with Crippen LogP contribution in [-0.4, -0.2) is 71.0 Å². The second-order valence-electron chi connectivity index (χ2n) is 27.0. The minimum Gasteiger partial charge on any atom is -0.564 e. The molecule has 25 aromatic rings. The second kappa shape index (κ2) is 34.1. The number of pyridine rings is 6. The van der Waals surface area contributed by atoms with E-state index in [0.29, 0.717) is 11.8 Å². The summed E-state index contributed by atoms with van der Waals surface area (Å²) in [5.74, 6) is 0.846. The minimum absolute atomic E-state index is 0. The van der Waals surface area contributed by atoms with Crippen LogP contribution in [0.1, 0.15) is 56.2 Å². The summed E-state index contributed by atoms with van der Waals surface area (Å²) in [4.78, 5) is 26.6. The van der Waals surface area contributed by atoms with Crippen molar-refractivity contribution < 1.29 is 139 Å². The van der Waals surface area contributed by atoms with Gasteiger partial charge in [0.2, 0.25) is 0 Å². The smallest absolute Gasteiger partial charge is 0.0652 e. The number of furan rings is 2. The van der Waals surface area contributed by atoms with Crippen molar-refractivity contribution >= 4 is 187 Å². The maximum atomic E-state index is 5.82. The second-order valence-corrected chi connectivity index (χ2v) is 28.2. The molecule has 0 aliphatic rings. The van der Waals surface area contributed by atoms with Gasteiger partial charge in [0.1, 0.15) is 0 Å². The van der Waals surface area contributed by atoms with Crippen LogP contribution in [0.4, 0.5) is 0 Å². The number of aromatic nitrogens is 15. The third-order valence-electron chi connectivity index (χ3n) is 20.1. The number of hydrogen-bond acceptors (Lipinski definition) is 15. The quantitative estimate of drug-likeness (QED) is 0.152. The number of fused-ring (bicyclic) bond motifs is 36. The zero-order valence-electron chi connectivity index (χ0n) is 60.9. The molecule has 0 N–H and O–H groups in total. The molecule has 580 valence electrons. The van der Waals surface area contributed by atoms with Gasteiger partial charge in [-0.15, -0.1) is 39.1 Å². The van der Waals surface area contributed by atoms with Gasteiger partial charge >= 0.3 is 0 Å². The summed E-state index contributed by atoms with van der Waals surface area (Å²) in [6, 6.07) is 57.4. The van der Waals surface area contributed by atoms with Crippen LogP contribution in [0.25, 0.3) is 176 Å². The molecule has 0 spiro atoms. The van der Waals surface area contributed by atoms with Gasteiger partial charge in [0, 0.05) is 280 Å². The molecule has 0 atom stereocenters. The number of benzene rings is 7. The zero-order valence-corrected chi connectivity index (χ0v) is 76.9. The van der Waals surface area contributed by atoms with E-state index in [-0.39, 0.29) is 121 Å². The number of rotatable bonds is 3. The van der Waals surface area contributed by atoms with Crippen LogP contribution in [0.2, 0.25) is 0 Å². The van der Waals surface area contributed by atoms with Gasteiger partial charge < -0.3 is 64.2 Å². The molecule has 7 aromatic carbocycles. The molecule has 0 aliphatic carbocycles. The van der Waals surface area contributed by atoms with Crippen molar-refractivity contribution in [1.29, 1.82) is 0 Å². The molecule has 0 unspecified atom stereocenters. The Morgan fingerprint density at radius 2 is 0.922 bits per heavy atom. The van der Waals surface area contributed by atoms with Gasteiger partial charge in [-0.05, 0) is 117 Å². The Labute approximate surface area is 743 Å². The van der Waals surface area contributed by atoms with Gasteiger partial charge in [-0.1, -0.05) is 192 Å². The van der Waals surface area contributed by atoms with Crippen LogP contribution >= 0.6 is 22.9 Å². The van der Waals surface area contributed by atoms with Crippen molar-refractivity contribution in [2.24, 2.45) is 0 Å². The first-order valence-electron chi connectivity index (χ1n) is 35.3. The SMILES string of the molecule is Cc1ccc2c(c1)c1oc[c-]c1c1ncc(-c3c(C(C)C)cccc3C(C)C)n21.[Ir].[Ir].[Ir].[Ir].[Ir].[Ir].[c-]1noc2c1c1nccn1c1ccccc21.[c-]1occ2c1c1nccn1c1ccccc21.[c-]1onc2c1c1nccn1c1ccccc21.[c-]1scc2c1c1nccn1c1ccccc21.[c-]1snc2c1c1nccn1c1ccccc21. The van der Waals surface area contributed by atoms with E-state index >= 15 is 0 Å². The first-order chi connectivity index (χ1) is 53.7. The van der Waals surface area contributed by atoms with E-state index in [0.717, 1.165) is 154 Å². The van der Waals surface area contributed by atoms with E-state index in [4.69, 9.17) is 22.9 Å². The van der Waals surface area contributed by atoms with E-state index in [2.05, 4.69) is 218 Å². The summed E-state index contributed by atoms with van der Waals surface area (Å²) in [6.07, 6.45) is 32.6. The Bertz CT molecular complexity index is 6630. The molecule has 6 radical (unpaired) electrons. The van der Waals surface area contributed by atoms with E-state index < -0.39 is 0 Å². The molecule has 0 saturated heterocycles. The average molecular weight is 2610 g/mol. The fourth-order valence-corrected chi connectivity index (χ4v) is 16.6. The average Bonchev–Trinajstić information content (AvgIpc) is 1.62. The molecule has 0 fully saturated rings. The topological polar surface area (TPSA) is 195 Å². The fraction of sp³-hybridized carbons (Fsp3) is 0.0795. The Kier molecular flexibility index (Phi) is 24.2. The first kappa shape index (κ1) is 81.6. The summed E-state index contributed by atoms with van der Waals surface area (Å²) >= 11 is 2.97. The minimum atomic E-state index is 0. The summed E-state index contributed by atoms with van der Waals surface area (Å²) in [5.41, 5.74) is 21.9. The molecule has 0 amide bonds. The number of hydrogen-bond donors (Lipinski definition) is 0. The Hall–Kier alpha value is -9.99. The molecule has 19 nitrogen and oxygen atoms in total. The molecule has 0 bridgehead atoms. The summed E-state index contributed by atoms with van der Waals surface area (Å²) in [7, 11) is 0. The zero-order chi connectivity index (χ0) is 73.0.